The van der Waals surface area contributed by atoms with Crippen molar-refractivity contribution >= 4 is 5.91 Å². The molecule has 1 heterocycles. The molecule has 1 aromatic carbocycles. The monoisotopic (exact) mass is 264 g/mol. The topological polar surface area (TPSA) is 32.3 Å². The van der Waals surface area contributed by atoms with E-state index >= 15 is 0 Å². The minimum atomic E-state index is -0.226. The van der Waals surface area contributed by atoms with Crippen LogP contribution in [0.5, 0.6) is 0 Å². The highest BCUT2D eigenvalue weighted by atomic mass is 19.1. The Bertz CT molecular complexity index is 450. The Hall–Kier alpha value is -1.42. The van der Waals surface area contributed by atoms with Crippen molar-refractivity contribution in [3.8, 4) is 0 Å². The molecule has 2 rings (SSSR count). The molecule has 1 aliphatic rings. The number of rotatable bonds is 3. The second-order valence-electron chi connectivity index (χ2n) is 5.27. The maximum Gasteiger partial charge on any atom is 0.223 e. The molecule has 1 N–H and O–H groups in total. The first-order valence-corrected chi connectivity index (χ1v) is 6.84. The lowest BCUT2D eigenvalue weighted by Crippen LogP contribution is -2.52. The fourth-order valence-corrected chi connectivity index (χ4v) is 2.58. The molecule has 0 aromatic heterocycles. The summed E-state index contributed by atoms with van der Waals surface area (Å²) in [5.74, 6) is -0.198. The average Bonchev–Trinajstić information content (AvgIpc) is 2.39. The lowest BCUT2D eigenvalue weighted by atomic mass is 9.96. The van der Waals surface area contributed by atoms with Crippen LogP contribution in [0.4, 0.5) is 4.39 Å². The predicted molar refractivity (Wildman–Crippen MR) is 73.5 cm³/mol. The zero-order chi connectivity index (χ0) is 13.8. The summed E-state index contributed by atoms with van der Waals surface area (Å²) in [6.07, 6.45) is 0.366. The maximum absolute atomic E-state index is 13.7. The van der Waals surface area contributed by atoms with E-state index in [4.69, 9.17) is 0 Å². The molecule has 1 fully saturated rings. The molecule has 0 aliphatic carbocycles. The van der Waals surface area contributed by atoms with Gasteiger partial charge in [-0.3, -0.25) is 4.79 Å². The minimum absolute atomic E-state index is 0.0872. The van der Waals surface area contributed by atoms with Gasteiger partial charge in [0.05, 0.1) is 0 Å². The largest absolute Gasteiger partial charge is 0.337 e. The molecule has 4 heteroatoms. The molecule has 19 heavy (non-hydrogen) atoms. The van der Waals surface area contributed by atoms with Crippen molar-refractivity contribution in [2.45, 2.75) is 32.2 Å². The number of benzene rings is 1. The highest BCUT2D eigenvalue weighted by molar-refractivity contribution is 5.77. The molecule has 2 atom stereocenters. The molecule has 0 bridgehead atoms. The fourth-order valence-electron chi connectivity index (χ4n) is 2.58. The van der Waals surface area contributed by atoms with Gasteiger partial charge in [-0.25, -0.2) is 4.39 Å². The Kier molecular flexibility index (Phi) is 4.53. The number of carbonyl (C=O) groups excluding carboxylic acids is 1. The van der Waals surface area contributed by atoms with Crippen LogP contribution >= 0.6 is 0 Å². The van der Waals surface area contributed by atoms with Crippen LogP contribution in [0.15, 0.2) is 24.3 Å². The van der Waals surface area contributed by atoms with Crippen molar-refractivity contribution in [2.24, 2.45) is 0 Å². The number of amides is 1. The van der Waals surface area contributed by atoms with Gasteiger partial charge in [0.2, 0.25) is 5.91 Å². The third kappa shape index (κ3) is 3.32. The van der Waals surface area contributed by atoms with Gasteiger partial charge >= 0.3 is 0 Å². The van der Waals surface area contributed by atoms with Crippen molar-refractivity contribution in [1.82, 2.24) is 10.2 Å². The van der Waals surface area contributed by atoms with Gasteiger partial charge in [0.1, 0.15) is 5.82 Å². The number of nitrogens with one attached hydrogen (secondary N) is 1. The Morgan fingerprint density at radius 1 is 1.53 bits per heavy atom. The van der Waals surface area contributed by atoms with Gasteiger partial charge < -0.3 is 10.2 Å². The van der Waals surface area contributed by atoms with Crippen LogP contribution in [0, 0.1) is 5.82 Å². The van der Waals surface area contributed by atoms with Crippen LogP contribution in [-0.2, 0) is 4.79 Å². The summed E-state index contributed by atoms with van der Waals surface area (Å²) in [5, 5.41) is 3.26. The molecule has 1 amide bonds. The van der Waals surface area contributed by atoms with Crippen molar-refractivity contribution in [3.05, 3.63) is 35.6 Å². The van der Waals surface area contributed by atoms with E-state index in [1.807, 2.05) is 24.8 Å². The van der Waals surface area contributed by atoms with Gasteiger partial charge in [-0.15, -0.1) is 0 Å². The van der Waals surface area contributed by atoms with Crippen LogP contribution in [0.3, 0.4) is 0 Å². The van der Waals surface area contributed by atoms with E-state index in [0.717, 1.165) is 19.6 Å². The third-order valence-electron chi connectivity index (χ3n) is 3.74. The molecule has 0 spiro atoms. The van der Waals surface area contributed by atoms with E-state index in [1.54, 1.807) is 12.1 Å². The summed E-state index contributed by atoms with van der Waals surface area (Å²) < 4.78 is 13.7. The van der Waals surface area contributed by atoms with E-state index in [1.165, 1.54) is 6.07 Å². The molecule has 104 valence electrons. The first-order chi connectivity index (χ1) is 9.09. The van der Waals surface area contributed by atoms with Gasteiger partial charge in [0, 0.05) is 32.1 Å². The SMILES string of the molecule is CC(CC(=O)N1CCNC[C@H]1C)c1ccccc1F. The summed E-state index contributed by atoms with van der Waals surface area (Å²) in [4.78, 5) is 14.2. The zero-order valence-electron chi connectivity index (χ0n) is 11.5. The number of nitrogens with zero attached hydrogens (tertiary/aromatic N) is 1. The average molecular weight is 264 g/mol. The molecule has 3 nitrogen and oxygen atoms in total. The zero-order valence-corrected chi connectivity index (χ0v) is 11.5. The number of hydrogen-bond acceptors (Lipinski definition) is 2. The van der Waals surface area contributed by atoms with E-state index in [2.05, 4.69) is 5.32 Å². The summed E-state index contributed by atoms with van der Waals surface area (Å²) >= 11 is 0. The highest BCUT2D eigenvalue weighted by Gasteiger charge is 2.25. The van der Waals surface area contributed by atoms with Gasteiger partial charge in [0.15, 0.2) is 0 Å². The van der Waals surface area contributed by atoms with Crippen molar-refractivity contribution in [3.63, 3.8) is 0 Å². The standard InChI is InChI=1S/C15H21FN2O/c1-11(13-5-3-4-6-14(13)16)9-15(19)18-8-7-17-10-12(18)2/h3-6,11-12,17H,7-10H2,1-2H3/t11?,12-/m1/s1. The molecule has 1 aliphatic heterocycles. The van der Waals surface area contributed by atoms with E-state index in [-0.39, 0.29) is 23.7 Å². The van der Waals surface area contributed by atoms with E-state index < -0.39 is 0 Å². The van der Waals surface area contributed by atoms with Crippen molar-refractivity contribution < 1.29 is 9.18 Å². The fraction of sp³-hybridized carbons (Fsp3) is 0.533. The lowest BCUT2D eigenvalue weighted by molar-refractivity contribution is -0.134. The van der Waals surface area contributed by atoms with Crippen molar-refractivity contribution in [2.75, 3.05) is 19.6 Å². The van der Waals surface area contributed by atoms with Gasteiger partial charge in [-0.1, -0.05) is 25.1 Å². The Morgan fingerprint density at radius 3 is 2.95 bits per heavy atom. The lowest BCUT2D eigenvalue weighted by Gasteiger charge is -2.34. The van der Waals surface area contributed by atoms with Gasteiger partial charge in [-0.05, 0) is 24.5 Å². The third-order valence-corrected chi connectivity index (χ3v) is 3.74. The quantitative estimate of drug-likeness (QED) is 0.907. The van der Waals surface area contributed by atoms with E-state index in [0.29, 0.717) is 12.0 Å². The molecular weight excluding hydrogens is 243 g/mol. The van der Waals surface area contributed by atoms with Gasteiger partial charge in [0.25, 0.3) is 0 Å². The smallest absolute Gasteiger partial charge is 0.223 e. The van der Waals surface area contributed by atoms with Crippen LogP contribution in [0.25, 0.3) is 0 Å². The van der Waals surface area contributed by atoms with Gasteiger partial charge in [-0.2, -0.15) is 0 Å². The summed E-state index contributed by atoms with van der Waals surface area (Å²) in [5.41, 5.74) is 0.624. The number of halogens is 1. The van der Waals surface area contributed by atoms with E-state index in [9.17, 15) is 9.18 Å². The number of piperazine rings is 1. The number of hydrogen-bond donors (Lipinski definition) is 1. The molecule has 1 saturated heterocycles. The Balaban J connectivity index is 2.00. The molecular formula is C15H21FN2O. The summed E-state index contributed by atoms with van der Waals surface area (Å²) in [6.45, 7) is 6.36. The van der Waals surface area contributed by atoms with Crippen LogP contribution in [-0.4, -0.2) is 36.5 Å². The minimum Gasteiger partial charge on any atom is -0.337 e. The predicted octanol–water partition coefficient (Wildman–Crippen LogP) is 2.14. The normalized spacial score (nSPS) is 21.2. The second-order valence-corrected chi connectivity index (χ2v) is 5.27. The maximum atomic E-state index is 13.7. The first kappa shape index (κ1) is 14.0. The second kappa shape index (κ2) is 6.15. The molecule has 1 unspecified atom stereocenters. The molecule has 1 aromatic rings. The summed E-state index contributed by atoms with van der Waals surface area (Å²) in [7, 11) is 0. The Morgan fingerprint density at radius 2 is 2.26 bits per heavy atom. The van der Waals surface area contributed by atoms with Crippen LogP contribution in [0.2, 0.25) is 0 Å². The number of carbonyl (C=O) groups is 1. The first-order valence-electron chi connectivity index (χ1n) is 6.84. The Labute approximate surface area is 113 Å². The molecule has 0 saturated carbocycles. The summed E-state index contributed by atoms with van der Waals surface area (Å²) in [6, 6.07) is 6.91. The van der Waals surface area contributed by atoms with Crippen molar-refractivity contribution in [1.29, 1.82) is 0 Å². The van der Waals surface area contributed by atoms with Crippen LogP contribution in [0.1, 0.15) is 31.7 Å². The van der Waals surface area contributed by atoms with Crippen LogP contribution < -0.4 is 5.32 Å². The molecule has 0 radical (unpaired) electrons. The highest BCUT2D eigenvalue weighted by Crippen LogP contribution is 2.23.